The third-order valence-corrected chi connectivity index (χ3v) is 4.97. The predicted molar refractivity (Wildman–Crippen MR) is 94.9 cm³/mol. The highest BCUT2D eigenvalue weighted by molar-refractivity contribution is 5.48. The van der Waals surface area contributed by atoms with E-state index in [9.17, 15) is 0 Å². The van der Waals surface area contributed by atoms with Crippen molar-refractivity contribution in [1.29, 1.82) is 0 Å². The number of fused-ring (bicyclic) bond motifs is 1. The third kappa shape index (κ3) is 2.85. The largest absolute Gasteiger partial charge is 0.340 e. The lowest BCUT2D eigenvalue weighted by Gasteiger charge is -2.10. The van der Waals surface area contributed by atoms with Crippen LogP contribution in [0.25, 0.3) is 5.65 Å². The summed E-state index contributed by atoms with van der Waals surface area (Å²) in [7, 11) is 1.96. The molecule has 1 fully saturated rings. The number of aryl methyl sites for hydroxylation is 6. The van der Waals surface area contributed by atoms with Crippen LogP contribution in [-0.2, 0) is 19.9 Å². The van der Waals surface area contributed by atoms with Crippen LogP contribution in [0.3, 0.4) is 0 Å². The van der Waals surface area contributed by atoms with Crippen LogP contribution in [0.4, 0.5) is 5.95 Å². The van der Waals surface area contributed by atoms with Crippen LogP contribution in [0.2, 0.25) is 0 Å². The molecule has 0 N–H and O–H groups in total. The lowest BCUT2D eigenvalue weighted by molar-refractivity contribution is 0.680. The van der Waals surface area contributed by atoms with E-state index in [0.717, 1.165) is 66.3 Å². The van der Waals surface area contributed by atoms with Gasteiger partial charge in [0.15, 0.2) is 11.5 Å². The average Bonchev–Trinajstić information content (AvgIpc) is 3.30. The van der Waals surface area contributed by atoms with Gasteiger partial charge in [-0.05, 0) is 33.6 Å². The maximum absolute atomic E-state index is 4.71. The SMILES string of the molecule is Cc1nc(C)n2nc(CCc3nc(N4CCCC4)nn3C)nc2c1C. The zero-order valence-corrected chi connectivity index (χ0v) is 15.3. The Morgan fingerprint density at radius 1 is 0.920 bits per heavy atom. The molecule has 1 aliphatic rings. The Kier molecular flexibility index (Phi) is 3.89. The van der Waals surface area contributed by atoms with Crippen molar-refractivity contribution >= 4 is 11.6 Å². The number of hydrogen-bond donors (Lipinski definition) is 0. The Bertz CT molecular complexity index is 917. The molecule has 25 heavy (non-hydrogen) atoms. The van der Waals surface area contributed by atoms with E-state index in [4.69, 9.17) is 9.97 Å². The van der Waals surface area contributed by atoms with Gasteiger partial charge in [0.1, 0.15) is 11.6 Å². The molecule has 0 radical (unpaired) electrons. The van der Waals surface area contributed by atoms with Gasteiger partial charge in [0.05, 0.1) is 0 Å². The van der Waals surface area contributed by atoms with Crippen molar-refractivity contribution in [2.24, 2.45) is 7.05 Å². The van der Waals surface area contributed by atoms with Crippen LogP contribution in [0.15, 0.2) is 0 Å². The fraction of sp³-hybridized carbons (Fsp3) is 0.588. The first kappa shape index (κ1) is 16.0. The van der Waals surface area contributed by atoms with Crippen molar-refractivity contribution in [1.82, 2.24) is 34.3 Å². The van der Waals surface area contributed by atoms with Gasteiger partial charge in [-0.15, -0.1) is 10.2 Å². The van der Waals surface area contributed by atoms with Crippen molar-refractivity contribution < 1.29 is 0 Å². The molecule has 3 aromatic heterocycles. The van der Waals surface area contributed by atoms with Gasteiger partial charge < -0.3 is 4.90 Å². The van der Waals surface area contributed by atoms with Crippen molar-refractivity contribution in [3.63, 3.8) is 0 Å². The Labute approximate surface area is 146 Å². The minimum Gasteiger partial charge on any atom is -0.340 e. The number of nitrogens with zero attached hydrogens (tertiary/aromatic N) is 8. The summed E-state index contributed by atoms with van der Waals surface area (Å²) >= 11 is 0. The maximum Gasteiger partial charge on any atom is 0.244 e. The zero-order valence-electron chi connectivity index (χ0n) is 15.3. The highest BCUT2D eigenvalue weighted by atomic mass is 15.4. The zero-order chi connectivity index (χ0) is 17.6. The third-order valence-electron chi connectivity index (χ3n) is 4.97. The van der Waals surface area contributed by atoms with E-state index in [2.05, 4.69) is 20.1 Å². The smallest absolute Gasteiger partial charge is 0.244 e. The highest BCUT2D eigenvalue weighted by Gasteiger charge is 2.18. The molecule has 4 heterocycles. The number of anilines is 1. The Morgan fingerprint density at radius 3 is 2.44 bits per heavy atom. The molecular weight excluding hydrogens is 316 g/mol. The molecule has 0 saturated carbocycles. The molecule has 0 bridgehead atoms. The van der Waals surface area contributed by atoms with Gasteiger partial charge in [0, 0.05) is 44.2 Å². The molecular formula is C17H24N8. The average molecular weight is 340 g/mol. The molecule has 0 spiro atoms. The molecule has 132 valence electrons. The molecule has 1 aliphatic heterocycles. The molecule has 3 aromatic rings. The second kappa shape index (κ2) is 6.09. The molecule has 0 aromatic carbocycles. The van der Waals surface area contributed by atoms with Crippen molar-refractivity contribution in [2.75, 3.05) is 18.0 Å². The first-order valence-electron chi connectivity index (χ1n) is 8.87. The maximum atomic E-state index is 4.71. The Hall–Kier alpha value is -2.51. The summed E-state index contributed by atoms with van der Waals surface area (Å²) in [6.07, 6.45) is 3.97. The fourth-order valence-corrected chi connectivity index (χ4v) is 3.36. The normalized spacial score (nSPS) is 14.8. The molecule has 0 amide bonds. The van der Waals surface area contributed by atoms with Gasteiger partial charge in [0.25, 0.3) is 0 Å². The summed E-state index contributed by atoms with van der Waals surface area (Å²) in [6.45, 7) is 8.13. The van der Waals surface area contributed by atoms with Crippen LogP contribution >= 0.6 is 0 Å². The van der Waals surface area contributed by atoms with E-state index in [-0.39, 0.29) is 0 Å². The number of rotatable bonds is 4. The molecule has 1 saturated heterocycles. The summed E-state index contributed by atoms with van der Waals surface area (Å²) in [4.78, 5) is 16.2. The summed E-state index contributed by atoms with van der Waals surface area (Å²) < 4.78 is 3.72. The minimum atomic E-state index is 0.742. The van der Waals surface area contributed by atoms with Gasteiger partial charge >= 0.3 is 0 Å². The molecule has 0 unspecified atom stereocenters. The first-order valence-corrected chi connectivity index (χ1v) is 8.87. The van der Waals surface area contributed by atoms with E-state index < -0.39 is 0 Å². The van der Waals surface area contributed by atoms with Gasteiger partial charge in [0.2, 0.25) is 5.95 Å². The fourth-order valence-electron chi connectivity index (χ4n) is 3.36. The monoisotopic (exact) mass is 340 g/mol. The minimum absolute atomic E-state index is 0.742. The summed E-state index contributed by atoms with van der Waals surface area (Å²) in [5.74, 6) is 3.52. The van der Waals surface area contributed by atoms with Gasteiger partial charge in [-0.25, -0.2) is 9.97 Å². The lowest BCUT2D eigenvalue weighted by atomic mass is 10.2. The Balaban J connectivity index is 1.54. The quantitative estimate of drug-likeness (QED) is 0.717. The van der Waals surface area contributed by atoms with Gasteiger partial charge in [-0.1, -0.05) is 0 Å². The summed E-state index contributed by atoms with van der Waals surface area (Å²) in [5, 5.41) is 9.18. The van der Waals surface area contributed by atoms with Crippen molar-refractivity contribution in [3.05, 3.63) is 28.7 Å². The number of hydrogen-bond acceptors (Lipinski definition) is 6. The van der Waals surface area contributed by atoms with E-state index in [1.165, 1.54) is 12.8 Å². The Morgan fingerprint density at radius 2 is 1.68 bits per heavy atom. The van der Waals surface area contributed by atoms with Crippen LogP contribution in [0, 0.1) is 20.8 Å². The van der Waals surface area contributed by atoms with Crippen molar-refractivity contribution in [3.8, 4) is 0 Å². The second-order valence-corrected chi connectivity index (χ2v) is 6.78. The topological polar surface area (TPSA) is 77.0 Å². The van der Waals surface area contributed by atoms with Gasteiger partial charge in [-0.3, -0.25) is 4.68 Å². The molecule has 0 aliphatic carbocycles. The van der Waals surface area contributed by atoms with Crippen molar-refractivity contribution in [2.45, 2.75) is 46.5 Å². The van der Waals surface area contributed by atoms with Crippen LogP contribution in [0.5, 0.6) is 0 Å². The number of aromatic nitrogens is 7. The molecule has 0 atom stereocenters. The summed E-state index contributed by atoms with van der Waals surface area (Å²) in [6, 6.07) is 0. The van der Waals surface area contributed by atoms with E-state index in [0.29, 0.717) is 0 Å². The van der Waals surface area contributed by atoms with Crippen LogP contribution in [-0.4, -0.2) is 47.4 Å². The molecule has 8 heteroatoms. The van der Waals surface area contributed by atoms with Gasteiger partial charge in [-0.2, -0.15) is 9.50 Å². The molecule has 8 nitrogen and oxygen atoms in total. The van der Waals surface area contributed by atoms with Crippen LogP contribution < -0.4 is 4.90 Å². The second-order valence-electron chi connectivity index (χ2n) is 6.78. The van der Waals surface area contributed by atoms with E-state index in [1.807, 2.05) is 37.0 Å². The first-order chi connectivity index (χ1) is 12.0. The standard InChI is InChI=1S/C17H24N8/c1-11-12(2)18-13(3)25-16(11)19-14(21-25)7-8-15-20-17(22-23(15)4)24-9-5-6-10-24/h5-10H2,1-4H3. The lowest BCUT2D eigenvalue weighted by Crippen LogP contribution is -2.19. The predicted octanol–water partition coefficient (Wildman–Crippen LogP) is 1.56. The molecule has 4 rings (SSSR count). The van der Waals surface area contributed by atoms with Crippen LogP contribution in [0.1, 0.15) is 41.6 Å². The highest BCUT2D eigenvalue weighted by Crippen LogP contribution is 2.17. The summed E-state index contributed by atoms with van der Waals surface area (Å²) in [5.41, 5.74) is 2.99. The van der Waals surface area contributed by atoms with E-state index in [1.54, 1.807) is 0 Å². The van der Waals surface area contributed by atoms with E-state index >= 15 is 0 Å².